The second-order valence-electron chi connectivity index (χ2n) is 7.33. The molecule has 6 heteroatoms. The van der Waals surface area contributed by atoms with Gasteiger partial charge in [-0.3, -0.25) is 4.79 Å². The Kier molecular flexibility index (Phi) is 6.51. The second kappa shape index (κ2) is 8.41. The molecule has 0 radical (unpaired) electrons. The Hall–Kier alpha value is -1.98. The van der Waals surface area contributed by atoms with Crippen LogP contribution in [0.1, 0.15) is 56.6 Å². The molecule has 0 bridgehead atoms. The number of hydrogen-bond donors (Lipinski definition) is 1. The molecule has 1 amide bonds. The van der Waals surface area contributed by atoms with E-state index in [1.165, 1.54) is 0 Å². The molecule has 2 heterocycles. The van der Waals surface area contributed by atoms with Crippen molar-refractivity contribution in [1.82, 2.24) is 14.9 Å². The number of piperidine rings is 1. The zero-order valence-electron chi connectivity index (χ0n) is 15.8. The van der Waals surface area contributed by atoms with Gasteiger partial charge in [0.15, 0.2) is 0 Å². The van der Waals surface area contributed by atoms with Crippen molar-refractivity contribution in [2.24, 2.45) is 11.8 Å². The zero-order valence-corrected chi connectivity index (χ0v) is 15.8. The minimum atomic E-state index is -0.207. The topological polar surface area (TPSA) is 89.2 Å². The molecule has 1 aliphatic rings. The monoisotopic (exact) mass is 346 g/mol. The Morgan fingerprint density at radius 2 is 1.88 bits per heavy atom. The first-order valence-electron chi connectivity index (χ1n) is 9.15. The fourth-order valence-corrected chi connectivity index (χ4v) is 3.69. The van der Waals surface area contributed by atoms with Crippen molar-refractivity contribution in [3.05, 3.63) is 17.1 Å². The van der Waals surface area contributed by atoms with Crippen molar-refractivity contribution < 1.29 is 9.59 Å². The van der Waals surface area contributed by atoms with Gasteiger partial charge >= 0.3 is 0 Å². The number of ketones is 1. The third-order valence-electron chi connectivity index (χ3n) is 5.10. The Bertz CT molecular complexity index is 613. The molecule has 1 fully saturated rings. The average molecular weight is 346 g/mol. The van der Waals surface area contributed by atoms with Crippen LogP contribution in [0.5, 0.6) is 0 Å². The number of rotatable bonds is 6. The summed E-state index contributed by atoms with van der Waals surface area (Å²) in [7, 11) is 0. The lowest BCUT2D eigenvalue weighted by atomic mass is 9.89. The number of nitrogen functional groups attached to an aromatic ring is 1. The molecule has 0 saturated carbocycles. The summed E-state index contributed by atoms with van der Waals surface area (Å²) in [5.74, 6) is 1.87. The smallest absolute Gasteiger partial charge is 0.225 e. The van der Waals surface area contributed by atoms with Crippen molar-refractivity contribution in [3.8, 4) is 0 Å². The third kappa shape index (κ3) is 5.25. The molecule has 25 heavy (non-hydrogen) atoms. The molecule has 2 N–H and O–H groups in total. The van der Waals surface area contributed by atoms with Crippen molar-refractivity contribution in [3.63, 3.8) is 0 Å². The van der Waals surface area contributed by atoms with Crippen molar-refractivity contribution in [2.45, 2.75) is 59.8 Å². The molecule has 1 unspecified atom stereocenters. The van der Waals surface area contributed by atoms with Crippen LogP contribution in [0.3, 0.4) is 0 Å². The summed E-state index contributed by atoms with van der Waals surface area (Å²) in [6, 6.07) is 0. The van der Waals surface area contributed by atoms with E-state index in [1.807, 2.05) is 25.7 Å². The van der Waals surface area contributed by atoms with Crippen LogP contribution in [-0.4, -0.2) is 39.6 Å². The second-order valence-corrected chi connectivity index (χ2v) is 7.33. The molecule has 1 aromatic rings. The molecule has 1 aromatic heterocycles. The predicted octanol–water partition coefficient (Wildman–Crippen LogP) is 2.46. The Morgan fingerprint density at radius 3 is 2.44 bits per heavy atom. The lowest BCUT2D eigenvalue weighted by molar-refractivity contribution is -0.138. The summed E-state index contributed by atoms with van der Waals surface area (Å²) in [6.45, 7) is 8.79. The lowest BCUT2D eigenvalue weighted by Gasteiger charge is -2.33. The fourth-order valence-electron chi connectivity index (χ4n) is 3.69. The van der Waals surface area contributed by atoms with E-state index in [2.05, 4.69) is 9.97 Å². The average Bonchev–Trinajstić information content (AvgIpc) is 2.53. The Morgan fingerprint density at radius 1 is 1.24 bits per heavy atom. The third-order valence-corrected chi connectivity index (χ3v) is 5.10. The van der Waals surface area contributed by atoms with Gasteiger partial charge in [-0.2, -0.15) is 0 Å². The molecule has 1 atom stereocenters. The van der Waals surface area contributed by atoms with Crippen LogP contribution in [0, 0.1) is 25.7 Å². The van der Waals surface area contributed by atoms with Crippen LogP contribution in [0.15, 0.2) is 0 Å². The van der Waals surface area contributed by atoms with Gasteiger partial charge in [-0.25, -0.2) is 9.97 Å². The summed E-state index contributed by atoms with van der Waals surface area (Å²) in [5, 5.41) is 0. The number of nitrogens with two attached hydrogens (primary N) is 1. The Labute approximate surface area is 150 Å². The molecule has 2 rings (SSSR count). The van der Waals surface area contributed by atoms with Gasteiger partial charge in [-0.1, -0.05) is 6.92 Å². The minimum Gasteiger partial charge on any atom is -0.383 e. The number of nitrogens with zero attached hydrogens (tertiary/aromatic N) is 3. The van der Waals surface area contributed by atoms with Crippen molar-refractivity contribution >= 4 is 17.5 Å². The van der Waals surface area contributed by atoms with Crippen LogP contribution >= 0.6 is 0 Å². The number of likely N-dealkylation sites (tertiary alicyclic amines) is 1. The minimum absolute atomic E-state index is 0.0732. The normalized spacial score (nSPS) is 16.7. The number of aryl methyl sites for hydroxylation is 2. The van der Waals surface area contributed by atoms with Gasteiger partial charge in [-0.05, 0) is 52.4 Å². The molecule has 6 nitrogen and oxygen atoms in total. The summed E-state index contributed by atoms with van der Waals surface area (Å²) in [4.78, 5) is 34.2. The molecule has 0 aromatic carbocycles. The molecule has 0 spiro atoms. The number of Topliss-reactive ketones (excluding diaryl/α,β-unsaturated/α-hetero) is 1. The molecule has 138 valence electrons. The van der Waals surface area contributed by atoms with Crippen LogP contribution < -0.4 is 5.73 Å². The van der Waals surface area contributed by atoms with Crippen LogP contribution in [0.4, 0.5) is 5.82 Å². The SMILES string of the molecule is CC(=O)CC(C)C(=O)N1CCC(CCc2c(C)nc(C)nc2N)CC1. The van der Waals surface area contributed by atoms with Crippen molar-refractivity contribution in [2.75, 3.05) is 18.8 Å². The van der Waals surface area contributed by atoms with Gasteiger partial charge in [0.2, 0.25) is 5.91 Å². The quantitative estimate of drug-likeness (QED) is 0.854. The summed E-state index contributed by atoms with van der Waals surface area (Å²) in [6.07, 6.45) is 4.28. The van der Waals surface area contributed by atoms with Crippen LogP contribution in [0.25, 0.3) is 0 Å². The molecular weight excluding hydrogens is 316 g/mol. The summed E-state index contributed by atoms with van der Waals surface area (Å²) < 4.78 is 0. The van der Waals surface area contributed by atoms with E-state index in [4.69, 9.17) is 5.73 Å². The molecule has 1 aliphatic heterocycles. The number of hydrogen-bond acceptors (Lipinski definition) is 5. The van der Waals surface area contributed by atoms with Gasteiger partial charge < -0.3 is 15.4 Å². The highest BCUT2D eigenvalue weighted by Crippen LogP contribution is 2.25. The molecule has 1 saturated heterocycles. The largest absolute Gasteiger partial charge is 0.383 e. The van der Waals surface area contributed by atoms with Crippen molar-refractivity contribution in [1.29, 1.82) is 0 Å². The molecule has 0 aliphatic carbocycles. The highest BCUT2D eigenvalue weighted by molar-refractivity contribution is 5.85. The van der Waals surface area contributed by atoms with E-state index in [0.29, 0.717) is 24.0 Å². The predicted molar refractivity (Wildman–Crippen MR) is 98.0 cm³/mol. The van der Waals surface area contributed by atoms with E-state index >= 15 is 0 Å². The number of aromatic nitrogens is 2. The standard InChI is InChI=1S/C19H30N4O2/c1-12(11-13(2)24)19(25)23-9-7-16(8-10-23)5-6-17-14(3)21-15(4)22-18(17)20/h12,16H,5-11H2,1-4H3,(H2,20,21,22). The highest BCUT2D eigenvalue weighted by Gasteiger charge is 2.26. The van der Waals surface area contributed by atoms with Gasteiger partial charge in [0.25, 0.3) is 0 Å². The maximum atomic E-state index is 12.4. The first kappa shape index (κ1) is 19.3. The van der Waals surface area contributed by atoms with Gasteiger partial charge in [0.05, 0.1) is 0 Å². The summed E-state index contributed by atoms with van der Waals surface area (Å²) >= 11 is 0. The first-order chi connectivity index (χ1) is 11.8. The Balaban J connectivity index is 1.83. The highest BCUT2D eigenvalue weighted by atomic mass is 16.2. The lowest BCUT2D eigenvalue weighted by Crippen LogP contribution is -2.41. The van der Waals surface area contributed by atoms with Crippen LogP contribution in [0.2, 0.25) is 0 Å². The number of carbonyl (C=O) groups excluding carboxylic acids is 2. The maximum absolute atomic E-state index is 12.4. The maximum Gasteiger partial charge on any atom is 0.225 e. The van der Waals surface area contributed by atoms with E-state index in [1.54, 1.807) is 6.92 Å². The number of carbonyl (C=O) groups is 2. The van der Waals surface area contributed by atoms with Gasteiger partial charge in [0.1, 0.15) is 17.4 Å². The van der Waals surface area contributed by atoms with Crippen LogP contribution in [-0.2, 0) is 16.0 Å². The van der Waals surface area contributed by atoms with E-state index in [0.717, 1.165) is 50.0 Å². The van der Waals surface area contributed by atoms with E-state index in [9.17, 15) is 9.59 Å². The van der Waals surface area contributed by atoms with E-state index in [-0.39, 0.29) is 17.6 Å². The number of anilines is 1. The zero-order chi connectivity index (χ0) is 18.6. The molecular formula is C19H30N4O2. The fraction of sp³-hybridized carbons (Fsp3) is 0.684. The van der Waals surface area contributed by atoms with Gasteiger partial charge in [0, 0.05) is 36.7 Å². The number of amides is 1. The van der Waals surface area contributed by atoms with E-state index < -0.39 is 0 Å². The first-order valence-corrected chi connectivity index (χ1v) is 9.15. The van der Waals surface area contributed by atoms with Gasteiger partial charge in [-0.15, -0.1) is 0 Å². The summed E-state index contributed by atoms with van der Waals surface area (Å²) in [5.41, 5.74) is 8.06.